The molecule has 1 aromatic heterocycles. The Balaban J connectivity index is 1.68. The molecule has 0 spiro atoms. The highest BCUT2D eigenvalue weighted by atomic mass is 35.5. The quantitative estimate of drug-likeness (QED) is 0.536. The summed E-state index contributed by atoms with van der Waals surface area (Å²) >= 11 is 6.86. The maximum absolute atomic E-state index is 14.6. The fraction of sp³-hybridized carbons (Fsp3) is 0.300. The van der Waals surface area contributed by atoms with Crippen LogP contribution in [0.4, 0.5) is 20.6 Å². The second-order valence-electron chi connectivity index (χ2n) is 6.75. The number of benzene rings is 1. The summed E-state index contributed by atoms with van der Waals surface area (Å²) in [6, 6.07) is 5.69. The number of hydrogen-bond acceptors (Lipinski definition) is 7. The number of amides is 4. The van der Waals surface area contributed by atoms with Gasteiger partial charge in [-0.2, -0.15) is 0 Å². The van der Waals surface area contributed by atoms with Gasteiger partial charge < -0.3 is 30.3 Å². The van der Waals surface area contributed by atoms with E-state index in [1.54, 1.807) is 6.07 Å². The van der Waals surface area contributed by atoms with Crippen molar-refractivity contribution in [1.29, 1.82) is 0 Å². The van der Waals surface area contributed by atoms with Crippen molar-refractivity contribution in [3.63, 3.8) is 0 Å². The van der Waals surface area contributed by atoms with E-state index in [4.69, 9.17) is 16.3 Å². The third-order valence-electron chi connectivity index (χ3n) is 4.57. The van der Waals surface area contributed by atoms with Gasteiger partial charge in [-0.3, -0.25) is 14.4 Å². The van der Waals surface area contributed by atoms with Crippen molar-refractivity contribution in [3.8, 4) is 0 Å². The van der Waals surface area contributed by atoms with Gasteiger partial charge in [-0.1, -0.05) is 11.6 Å². The molecule has 4 amide bonds. The first-order valence-corrected chi connectivity index (χ1v) is 10.8. The Labute approximate surface area is 197 Å². The number of anilines is 2. The number of methoxy groups -OCH3 is 1. The molecule has 0 bridgehead atoms. The molecular weight excluding hydrogens is 479 g/mol. The van der Waals surface area contributed by atoms with Gasteiger partial charge >= 0.3 is 6.09 Å². The Morgan fingerprint density at radius 2 is 2.09 bits per heavy atom. The molecule has 2 heterocycles. The monoisotopic (exact) mass is 498 g/mol. The van der Waals surface area contributed by atoms with Crippen LogP contribution in [0.3, 0.4) is 0 Å². The van der Waals surface area contributed by atoms with Crippen LogP contribution in [0.1, 0.15) is 9.67 Å². The van der Waals surface area contributed by atoms with Crippen LogP contribution < -0.4 is 20.9 Å². The third-order valence-corrected chi connectivity index (χ3v) is 5.80. The van der Waals surface area contributed by atoms with Crippen molar-refractivity contribution in [1.82, 2.24) is 10.6 Å². The van der Waals surface area contributed by atoms with Gasteiger partial charge in [-0.15, -0.1) is 11.3 Å². The van der Waals surface area contributed by atoms with Crippen LogP contribution in [0, 0.1) is 5.82 Å². The van der Waals surface area contributed by atoms with E-state index in [1.165, 1.54) is 23.1 Å². The van der Waals surface area contributed by atoms with Crippen LogP contribution in [-0.2, 0) is 19.1 Å². The van der Waals surface area contributed by atoms with Crippen LogP contribution in [-0.4, -0.2) is 63.3 Å². The Morgan fingerprint density at radius 3 is 2.73 bits per heavy atom. The fourth-order valence-electron chi connectivity index (χ4n) is 2.91. The summed E-state index contributed by atoms with van der Waals surface area (Å²) in [5, 5.41) is 7.17. The van der Waals surface area contributed by atoms with E-state index < -0.39 is 29.8 Å². The lowest BCUT2D eigenvalue weighted by molar-refractivity contribution is -0.125. The predicted molar refractivity (Wildman–Crippen MR) is 119 cm³/mol. The summed E-state index contributed by atoms with van der Waals surface area (Å²) in [6.07, 6.45) is -0.912. The molecule has 1 aliphatic heterocycles. The molecule has 3 N–H and O–H groups in total. The van der Waals surface area contributed by atoms with Crippen LogP contribution in [0.2, 0.25) is 4.34 Å². The zero-order valence-corrected chi connectivity index (χ0v) is 18.9. The number of halogens is 2. The predicted octanol–water partition coefficient (Wildman–Crippen LogP) is 2.00. The number of ether oxygens (including phenoxy) is 2. The highest BCUT2D eigenvalue weighted by molar-refractivity contribution is 7.18. The van der Waals surface area contributed by atoms with E-state index >= 15 is 0 Å². The molecule has 0 saturated carbocycles. The molecule has 1 saturated heterocycles. The number of rotatable bonds is 7. The molecule has 3 rings (SSSR count). The number of carbonyl (C=O) groups excluding carboxylic acids is 4. The van der Waals surface area contributed by atoms with Gasteiger partial charge in [0.05, 0.1) is 28.6 Å². The van der Waals surface area contributed by atoms with Crippen LogP contribution in [0.5, 0.6) is 0 Å². The largest absolute Gasteiger partial charge is 0.453 e. The summed E-state index contributed by atoms with van der Waals surface area (Å²) in [5.74, 6) is -2.38. The summed E-state index contributed by atoms with van der Waals surface area (Å²) in [7, 11) is 1.11. The molecule has 13 heteroatoms. The molecule has 1 aromatic carbocycles. The van der Waals surface area contributed by atoms with Crippen molar-refractivity contribution in [2.24, 2.45) is 0 Å². The SMILES string of the molecule is COC(=O)N[C@@H](CNC(=O)c1ccc(Cl)s1)C(=O)Nc1ccc(N2CCOCC2=O)cc1F. The van der Waals surface area contributed by atoms with Gasteiger partial charge in [0, 0.05) is 18.8 Å². The van der Waals surface area contributed by atoms with E-state index in [-0.39, 0.29) is 31.3 Å². The first-order valence-electron chi connectivity index (χ1n) is 9.65. The number of carbonyl (C=O) groups is 4. The first kappa shape index (κ1) is 24.4. The maximum atomic E-state index is 14.6. The second-order valence-corrected chi connectivity index (χ2v) is 8.47. The average molecular weight is 499 g/mol. The lowest BCUT2D eigenvalue weighted by atomic mass is 10.2. The Hall–Kier alpha value is -3.22. The van der Waals surface area contributed by atoms with Gasteiger partial charge in [-0.25, -0.2) is 9.18 Å². The molecule has 1 atom stereocenters. The zero-order valence-electron chi connectivity index (χ0n) is 17.4. The molecule has 1 aliphatic rings. The summed E-state index contributed by atoms with van der Waals surface area (Å²) < 4.78 is 24.6. The molecule has 0 radical (unpaired) electrons. The van der Waals surface area contributed by atoms with Crippen molar-refractivity contribution < 1.29 is 33.0 Å². The smallest absolute Gasteiger partial charge is 0.407 e. The van der Waals surface area contributed by atoms with E-state index in [1.807, 2.05) is 0 Å². The Bertz CT molecular complexity index is 1060. The Morgan fingerprint density at radius 1 is 1.30 bits per heavy atom. The molecular formula is C20H20ClFN4O6S. The number of nitrogens with one attached hydrogen (secondary N) is 3. The fourth-order valence-corrected chi connectivity index (χ4v) is 3.87. The molecule has 33 heavy (non-hydrogen) atoms. The van der Waals surface area contributed by atoms with Gasteiger partial charge in [0.2, 0.25) is 5.91 Å². The van der Waals surface area contributed by atoms with E-state index in [9.17, 15) is 23.6 Å². The number of hydrogen-bond donors (Lipinski definition) is 3. The standard InChI is InChI=1S/C20H20ClFN4O6S/c1-31-20(30)25-14(9-23-19(29)15-4-5-16(21)33-15)18(28)24-13-3-2-11(8-12(13)22)26-6-7-32-10-17(26)27/h2-5,8,14H,6-7,9-10H2,1H3,(H,23,29)(H,24,28)(H,25,30)/t14-/m0/s1. The highest BCUT2D eigenvalue weighted by Crippen LogP contribution is 2.24. The minimum Gasteiger partial charge on any atom is -0.453 e. The van der Waals surface area contributed by atoms with Gasteiger partial charge in [-0.05, 0) is 30.3 Å². The zero-order chi connectivity index (χ0) is 24.0. The lowest BCUT2D eigenvalue weighted by Crippen LogP contribution is -2.50. The number of morpholine rings is 1. The third kappa shape index (κ3) is 6.40. The minimum absolute atomic E-state index is 0.0929. The van der Waals surface area contributed by atoms with Gasteiger partial charge in [0.15, 0.2) is 0 Å². The second kappa shape index (κ2) is 11.1. The topological polar surface area (TPSA) is 126 Å². The summed E-state index contributed by atoms with van der Waals surface area (Å²) in [6.45, 7) is 0.224. The van der Waals surface area contributed by atoms with Crippen LogP contribution >= 0.6 is 22.9 Å². The van der Waals surface area contributed by atoms with E-state index in [2.05, 4.69) is 20.7 Å². The molecule has 1 fully saturated rings. The van der Waals surface area contributed by atoms with E-state index in [0.29, 0.717) is 21.5 Å². The maximum Gasteiger partial charge on any atom is 0.407 e. The van der Waals surface area contributed by atoms with Crippen LogP contribution in [0.25, 0.3) is 0 Å². The van der Waals surface area contributed by atoms with Gasteiger partial charge in [0.25, 0.3) is 11.8 Å². The molecule has 176 valence electrons. The van der Waals surface area contributed by atoms with Crippen molar-refractivity contribution in [3.05, 3.63) is 45.4 Å². The number of nitrogens with zero attached hydrogens (tertiary/aromatic N) is 1. The normalized spacial score (nSPS) is 14.4. The van der Waals surface area contributed by atoms with Gasteiger partial charge in [0.1, 0.15) is 18.5 Å². The minimum atomic E-state index is -1.27. The molecule has 2 aromatic rings. The van der Waals surface area contributed by atoms with Crippen LogP contribution in [0.15, 0.2) is 30.3 Å². The number of alkyl carbamates (subject to hydrolysis) is 1. The molecule has 10 nitrogen and oxygen atoms in total. The highest BCUT2D eigenvalue weighted by Gasteiger charge is 2.25. The summed E-state index contributed by atoms with van der Waals surface area (Å²) in [5.41, 5.74) is 0.155. The lowest BCUT2D eigenvalue weighted by Gasteiger charge is -2.27. The summed E-state index contributed by atoms with van der Waals surface area (Å²) in [4.78, 5) is 50.2. The average Bonchev–Trinajstić information content (AvgIpc) is 3.24. The number of thiophene rings is 1. The van der Waals surface area contributed by atoms with Crippen molar-refractivity contribution in [2.75, 3.05) is 43.6 Å². The van der Waals surface area contributed by atoms with Crippen molar-refractivity contribution >= 4 is 58.1 Å². The van der Waals surface area contributed by atoms with E-state index in [0.717, 1.165) is 24.5 Å². The molecule has 0 unspecified atom stereocenters. The van der Waals surface area contributed by atoms with Crippen molar-refractivity contribution in [2.45, 2.75) is 6.04 Å². The Kier molecular flexibility index (Phi) is 8.20. The molecule has 0 aliphatic carbocycles. The first-order chi connectivity index (χ1) is 15.8.